The Bertz CT molecular complexity index is 729. The number of carbonyl (C=O) groups excluding carboxylic acids is 1. The van der Waals surface area contributed by atoms with E-state index in [4.69, 9.17) is 19.4 Å². The maximum atomic E-state index is 12.0. The molecule has 0 fully saturated rings. The summed E-state index contributed by atoms with van der Waals surface area (Å²) in [6.07, 6.45) is 1.28. The smallest absolute Gasteiger partial charge is 0.262 e. The van der Waals surface area contributed by atoms with Gasteiger partial charge in [0.25, 0.3) is 5.91 Å². The molecule has 25 heavy (non-hydrogen) atoms. The zero-order valence-corrected chi connectivity index (χ0v) is 14.1. The fraction of sp³-hybridized carbons (Fsp3) is 0.222. The highest BCUT2D eigenvalue weighted by Gasteiger charge is 2.09. The normalized spacial score (nSPS) is 10.5. The molecule has 0 unspecified atom stereocenters. The van der Waals surface area contributed by atoms with Crippen molar-refractivity contribution in [1.29, 1.82) is 0 Å². The third-order valence-corrected chi connectivity index (χ3v) is 3.21. The van der Waals surface area contributed by atoms with Gasteiger partial charge in [0.2, 0.25) is 0 Å². The van der Waals surface area contributed by atoms with E-state index in [1.54, 1.807) is 49.6 Å². The van der Waals surface area contributed by atoms with Crippen LogP contribution in [0.25, 0.3) is 0 Å². The van der Waals surface area contributed by atoms with Crippen LogP contribution in [0, 0.1) is 0 Å². The molecule has 132 valence electrons. The monoisotopic (exact) mass is 344 g/mol. The molecular weight excluding hydrogens is 324 g/mol. The van der Waals surface area contributed by atoms with Gasteiger partial charge in [-0.3, -0.25) is 4.79 Å². The van der Waals surface area contributed by atoms with Crippen molar-refractivity contribution in [3.8, 4) is 17.2 Å². The molecule has 0 saturated heterocycles. The molecule has 0 aliphatic carbocycles. The Morgan fingerprint density at radius 1 is 1.16 bits per heavy atom. The van der Waals surface area contributed by atoms with E-state index >= 15 is 0 Å². The van der Waals surface area contributed by atoms with Gasteiger partial charge in [-0.2, -0.15) is 0 Å². The summed E-state index contributed by atoms with van der Waals surface area (Å²) in [4.78, 5) is 12.0. The Hall–Kier alpha value is -3.22. The molecule has 0 heterocycles. The molecule has 2 aromatic carbocycles. The average Bonchev–Trinajstić information content (AvgIpc) is 2.62. The van der Waals surface area contributed by atoms with E-state index in [0.717, 1.165) is 0 Å². The second-order valence-electron chi connectivity index (χ2n) is 4.95. The molecule has 0 aliphatic rings. The van der Waals surface area contributed by atoms with Crippen LogP contribution in [0.2, 0.25) is 0 Å². The van der Waals surface area contributed by atoms with Crippen molar-refractivity contribution in [3.05, 3.63) is 48.0 Å². The van der Waals surface area contributed by atoms with E-state index in [2.05, 4.69) is 10.5 Å². The van der Waals surface area contributed by atoms with Gasteiger partial charge < -0.3 is 24.7 Å². The highest BCUT2D eigenvalue weighted by atomic mass is 16.5. The highest BCUT2D eigenvalue weighted by Crippen LogP contribution is 2.28. The Morgan fingerprint density at radius 2 is 1.92 bits per heavy atom. The van der Waals surface area contributed by atoms with Gasteiger partial charge in [-0.15, -0.1) is 0 Å². The quantitative estimate of drug-likeness (QED) is 0.437. The van der Waals surface area contributed by atoms with E-state index in [0.29, 0.717) is 35.1 Å². The van der Waals surface area contributed by atoms with Gasteiger partial charge in [0.15, 0.2) is 18.1 Å². The molecule has 0 radical (unpaired) electrons. The fourth-order valence-corrected chi connectivity index (χ4v) is 2.07. The lowest BCUT2D eigenvalue weighted by Crippen LogP contribution is -2.20. The van der Waals surface area contributed by atoms with E-state index in [1.165, 1.54) is 6.21 Å². The molecule has 0 saturated carbocycles. The van der Waals surface area contributed by atoms with Crippen LogP contribution in [0.5, 0.6) is 17.2 Å². The van der Waals surface area contributed by atoms with Gasteiger partial charge in [0.05, 0.1) is 19.9 Å². The van der Waals surface area contributed by atoms with Gasteiger partial charge in [-0.25, -0.2) is 0 Å². The summed E-state index contributed by atoms with van der Waals surface area (Å²) in [5.41, 5.74) is 1.30. The van der Waals surface area contributed by atoms with E-state index in [-0.39, 0.29) is 12.5 Å². The van der Waals surface area contributed by atoms with Gasteiger partial charge in [0, 0.05) is 11.3 Å². The first kappa shape index (κ1) is 18.1. The fourth-order valence-electron chi connectivity index (χ4n) is 2.07. The summed E-state index contributed by atoms with van der Waals surface area (Å²) in [6, 6.07) is 12.0. The van der Waals surface area contributed by atoms with Crippen LogP contribution < -0.4 is 19.5 Å². The molecule has 2 N–H and O–H groups in total. The Labute approximate surface area is 145 Å². The topological polar surface area (TPSA) is 89.4 Å². The van der Waals surface area contributed by atoms with Crippen LogP contribution >= 0.6 is 0 Å². The van der Waals surface area contributed by atoms with Crippen molar-refractivity contribution in [2.45, 2.75) is 6.92 Å². The third-order valence-electron chi connectivity index (χ3n) is 3.21. The number of amides is 1. The summed E-state index contributed by atoms with van der Waals surface area (Å²) in [7, 11) is 1.58. The van der Waals surface area contributed by atoms with Crippen molar-refractivity contribution in [2.24, 2.45) is 5.16 Å². The first-order valence-corrected chi connectivity index (χ1v) is 7.67. The van der Waals surface area contributed by atoms with E-state index in [9.17, 15) is 4.79 Å². The molecule has 2 rings (SSSR count). The first-order chi connectivity index (χ1) is 12.2. The largest absolute Gasteiger partial charge is 0.497 e. The Balaban J connectivity index is 1.97. The second-order valence-corrected chi connectivity index (χ2v) is 4.95. The number of nitrogens with one attached hydrogen (secondary N) is 1. The number of methoxy groups -OCH3 is 1. The van der Waals surface area contributed by atoms with Crippen molar-refractivity contribution in [3.63, 3.8) is 0 Å². The molecular formula is C18H20N2O5. The predicted molar refractivity (Wildman–Crippen MR) is 94.1 cm³/mol. The van der Waals surface area contributed by atoms with Crippen LogP contribution in [-0.4, -0.2) is 37.7 Å². The standard InChI is InChI=1S/C18H20N2O5/c1-3-24-17-10-13(11-19-22)4-9-16(17)25-12-18(21)20-14-5-7-15(23-2)8-6-14/h4-11,22H,3,12H2,1-2H3,(H,20,21). The minimum atomic E-state index is -0.298. The van der Waals surface area contributed by atoms with Crippen molar-refractivity contribution in [1.82, 2.24) is 0 Å². The van der Waals surface area contributed by atoms with Gasteiger partial charge >= 0.3 is 0 Å². The van der Waals surface area contributed by atoms with Crippen LogP contribution in [-0.2, 0) is 4.79 Å². The van der Waals surface area contributed by atoms with E-state index < -0.39 is 0 Å². The van der Waals surface area contributed by atoms with Crippen LogP contribution in [0.15, 0.2) is 47.6 Å². The van der Waals surface area contributed by atoms with Crippen molar-refractivity contribution >= 4 is 17.8 Å². The number of ether oxygens (including phenoxy) is 3. The lowest BCUT2D eigenvalue weighted by molar-refractivity contribution is -0.118. The number of hydrogen-bond donors (Lipinski definition) is 2. The first-order valence-electron chi connectivity index (χ1n) is 7.67. The number of carbonyl (C=O) groups is 1. The van der Waals surface area contributed by atoms with Gasteiger partial charge in [-0.05, 0) is 49.4 Å². The number of oxime groups is 1. The summed E-state index contributed by atoms with van der Waals surface area (Å²) in [6.45, 7) is 2.11. The number of hydrogen-bond acceptors (Lipinski definition) is 6. The van der Waals surface area contributed by atoms with Crippen LogP contribution in [0.1, 0.15) is 12.5 Å². The van der Waals surface area contributed by atoms with Crippen molar-refractivity contribution in [2.75, 3.05) is 25.6 Å². The molecule has 0 atom stereocenters. The highest BCUT2D eigenvalue weighted by molar-refractivity contribution is 5.92. The molecule has 2 aromatic rings. The second kappa shape index (κ2) is 9.17. The average molecular weight is 344 g/mol. The lowest BCUT2D eigenvalue weighted by Gasteiger charge is -2.12. The minimum absolute atomic E-state index is 0.167. The third kappa shape index (κ3) is 5.42. The summed E-state index contributed by atoms with van der Waals surface area (Å²) < 4.78 is 16.1. The summed E-state index contributed by atoms with van der Waals surface area (Å²) >= 11 is 0. The molecule has 0 bridgehead atoms. The molecule has 0 aliphatic heterocycles. The molecule has 1 amide bonds. The minimum Gasteiger partial charge on any atom is -0.497 e. The molecule has 0 aromatic heterocycles. The zero-order valence-electron chi connectivity index (χ0n) is 14.1. The number of benzene rings is 2. The van der Waals surface area contributed by atoms with Crippen LogP contribution in [0.3, 0.4) is 0 Å². The summed E-state index contributed by atoms with van der Waals surface area (Å²) in [5.74, 6) is 1.31. The maximum absolute atomic E-state index is 12.0. The molecule has 0 spiro atoms. The Morgan fingerprint density at radius 3 is 2.56 bits per heavy atom. The Kier molecular flexibility index (Phi) is 6.65. The zero-order chi connectivity index (χ0) is 18.1. The van der Waals surface area contributed by atoms with Gasteiger partial charge in [-0.1, -0.05) is 5.16 Å². The molecule has 7 heteroatoms. The SMILES string of the molecule is CCOc1cc(C=NO)ccc1OCC(=O)Nc1ccc(OC)cc1. The van der Waals surface area contributed by atoms with E-state index in [1.807, 2.05) is 6.92 Å². The predicted octanol–water partition coefficient (Wildman–Crippen LogP) is 2.92. The number of anilines is 1. The molecule has 7 nitrogen and oxygen atoms in total. The number of rotatable bonds is 8. The van der Waals surface area contributed by atoms with Gasteiger partial charge in [0.1, 0.15) is 5.75 Å². The maximum Gasteiger partial charge on any atom is 0.262 e. The van der Waals surface area contributed by atoms with Crippen LogP contribution in [0.4, 0.5) is 5.69 Å². The lowest BCUT2D eigenvalue weighted by atomic mass is 10.2. The summed E-state index contributed by atoms with van der Waals surface area (Å²) in [5, 5.41) is 14.3. The number of nitrogens with zero attached hydrogens (tertiary/aromatic N) is 1. The van der Waals surface area contributed by atoms with Crippen molar-refractivity contribution < 1.29 is 24.2 Å².